The van der Waals surface area contributed by atoms with Gasteiger partial charge in [-0.2, -0.15) is 0 Å². The number of aromatic nitrogens is 3. The maximum absolute atomic E-state index is 5.76. The van der Waals surface area contributed by atoms with Gasteiger partial charge in [-0.15, -0.1) is 10.2 Å². The fraction of sp³-hybridized carbons (Fsp3) is 0.600. The third-order valence-electron chi connectivity index (χ3n) is 4.44. The first-order valence-corrected chi connectivity index (χ1v) is 7.26. The van der Waals surface area contributed by atoms with Gasteiger partial charge in [-0.1, -0.05) is 19.9 Å². The second kappa shape index (κ2) is 5.14. The molecular weight excluding hydrogens is 252 g/mol. The lowest BCUT2D eigenvalue weighted by Gasteiger charge is -2.51. The molecule has 0 radical (unpaired) electrons. The van der Waals surface area contributed by atoms with E-state index >= 15 is 0 Å². The van der Waals surface area contributed by atoms with Gasteiger partial charge in [-0.05, 0) is 25.5 Å². The molecule has 20 heavy (non-hydrogen) atoms. The summed E-state index contributed by atoms with van der Waals surface area (Å²) in [5.74, 6) is 0.955. The normalized spacial score (nSPS) is 24.8. The van der Waals surface area contributed by atoms with Crippen molar-refractivity contribution in [3.8, 4) is 0 Å². The van der Waals surface area contributed by atoms with Crippen molar-refractivity contribution in [1.29, 1.82) is 0 Å². The number of fused-ring (bicyclic) bond motifs is 1. The van der Waals surface area contributed by atoms with Crippen molar-refractivity contribution in [2.45, 2.75) is 45.9 Å². The highest BCUT2D eigenvalue weighted by atomic mass is 16.5. The maximum atomic E-state index is 5.76. The molecule has 1 fully saturated rings. The second-order valence-electron chi connectivity index (χ2n) is 5.98. The Kier molecular flexibility index (Phi) is 3.48. The smallest absolute Gasteiger partial charge is 0.160 e. The minimum atomic E-state index is 0.177. The summed E-state index contributed by atoms with van der Waals surface area (Å²) >= 11 is 0. The van der Waals surface area contributed by atoms with Crippen LogP contribution in [0.1, 0.15) is 33.0 Å². The molecule has 1 aliphatic rings. The first-order chi connectivity index (χ1) is 9.63. The summed E-state index contributed by atoms with van der Waals surface area (Å²) in [7, 11) is 0. The molecule has 108 valence electrons. The molecule has 0 saturated heterocycles. The van der Waals surface area contributed by atoms with E-state index in [2.05, 4.69) is 36.3 Å². The summed E-state index contributed by atoms with van der Waals surface area (Å²) in [5.41, 5.74) is 1.07. The van der Waals surface area contributed by atoms with Gasteiger partial charge < -0.3 is 10.1 Å². The summed E-state index contributed by atoms with van der Waals surface area (Å²) in [6.45, 7) is 8.10. The summed E-state index contributed by atoms with van der Waals surface area (Å²) in [5, 5.41) is 12.0. The first-order valence-electron chi connectivity index (χ1n) is 7.26. The average Bonchev–Trinajstić information content (AvgIpc) is 2.85. The highest BCUT2D eigenvalue weighted by molar-refractivity contribution is 5.36. The maximum Gasteiger partial charge on any atom is 0.160 e. The van der Waals surface area contributed by atoms with E-state index in [1.165, 1.54) is 0 Å². The molecule has 0 bridgehead atoms. The Balaban J connectivity index is 1.63. The molecule has 2 aromatic heterocycles. The zero-order chi connectivity index (χ0) is 14.2. The topological polar surface area (TPSA) is 51.5 Å². The number of nitrogens with zero attached hydrogens (tertiary/aromatic N) is 3. The molecule has 2 atom stereocenters. The molecule has 3 rings (SSSR count). The molecule has 1 saturated carbocycles. The van der Waals surface area contributed by atoms with E-state index < -0.39 is 0 Å². The van der Waals surface area contributed by atoms with Crippen molar-refractivity contribution >= 4 is 5.65 Å². The van der Waals surface area contributed by atoms with Gasteiger partial charge in [-0.3, -0.25) is 4.40 Å². The molecule has 0 amide bonds. The highest BCUT2D eigenvalue weighted by Crippen LogP contribution is 2.42. The van der Waals surface area contributed by atoms with Crippen LogP contribution >= 0.6 is 0 Å². The van der Waals surface area contributed by atoms with E-state index in [-0.39, 0.29) is 5.41 Å². The zero-order valence-corrected chi connectivity index (χ0v) is 12.3. The van der Waals surface area contributed by atoms with Crippen LogP contribution in [0.5, 0.6) is 0 Å². The lowest BCUT2D eigenvalue weighted by molar-refractivity contribution is -0.114. The van der Waals surface area contributed by atoms with Gasteiger partial charge >= 0.3 is 0 Å². The molecule has 0 spiro atoms. The average molecular weight is 274 g/mol. The molecule has 0 aromatic carbocycles. The Bertz CT molecular complexity index is 592. The van der Waals surface area contributed by atoms with Crippen molar-refractivity contribution in [3.63, 3.8) is 0 Å². The van der Waals surface area contributed by atoms with E-state index in [1.54, 1.807) is 0 Å². The SMILES string of the molecule is CCOC1CC(NCc2nnc3ccccn23)C1(C)C. The van der Waals surface area contributed by atoms with Gasteiger partial charge in [0.25, 0.3) is 0 Å². The number of rotatable bonds is 5. The van der Waals surface area contributed by atoms with Crippen molar-refractivity contribution in [2.75, 3.05) is 6.61 Å². The second-order valence-corrected chi connectivity index (χ2v) is 5.98. The van der Waals surface area contributed by atoms with Gasteiger partial charge in [0.1, 0.15) is 0 Å². The summed E-state index contributed by atoms with van der Waals surface area (Å²) in [4.78, 5) is 0. The number of nitrogens with one attached hydrogen (secondary N) is 1. The monoisotopic (exact) mass is 274 g/mol. The highest BCUT2D eigenvalue weighted by Gasteiger charge is 2.48. The molecular formula is C15H22N4O. The van der Waals surface area contributed by atoms with Crippen LogP contribution in [0.3, 0.4) is 0 Å². The number of ether oxygens (including phenoxy) is 1. The van der Waals surface area contributed by atoms with Crippen LogP contribution in [-0.2, 0) is 11.3 Å². The summed E-state index contributed by atoms with van der Waals surface area (Å²) in [6, 6.07) is 6.41. The van der Waals surface area contributed by atoms with E-state index in [0.29, 0.717) is 12.1 Å². The third kappa shape index (κ3) is 2.21. The van der Waals surface area contributed by atoms with Gasteiger partial charge in [0.2, 0.25) is 0 Å². The minimum Gasteiger partial charge on any atom is -0.378 e. The largest absolute Gasteiger partial charge is 0.378 e. The Morgan fingerprint density at radius 1 is 1.40 bits per heavy atom. The molecule has 2 heterocycles. The van der Waals surface area contributed by atoms with E-state index in [1.807, 2.05) is 28.8 Å². The van der Waals surface area contributed by atoms with Crippen LogP contribution in [-0.4, -0.2) is 33.4 Å². The molecule has 5 heteroatoms. The molecule has 2 aromatic rings. The quantitative estimate of drug-likeness (QED) is 0.906. The lowest BCUT2D eigenvalue weighted by Crippen LogP contribution is -2.60. The minimum absolute atomic E-state index is 0.177. The van der Waals surface area contributed by atoms with Gasteiger partial charge in [0.15, 0.2) is 11.5 Å². The van der Waals surface area contributed by atoms with Crippen molar-refractivity contribution in [3.05, 3.63) is 30.2 Å². The predicted octanol–water partition coefficient (Wildman–Crippen LogP) is 2.02. The van der Waals surface area contributed by atoms with Crippen LogP contribution in [0.2, 0.25) is 0 Å². The standard InChI is InChI=1S/C15H22N4O/c1-4-20-12-9-11(15(12,2)3)16-10-14-18-17-13-7-5-6-8-19(13)14/h5-8,11-12,16H,4,9-10H2,1-3H3. The van der Waals surface area contributed by atoms with Gasteiger partial charge in [-0.25, -0.2) is 0 Å². The number of hydrogen-bond acceptors (Lipinski definition) is 4. The Hall–Kier alpha value is -1.46. The van der Waals surface area contributed by atoms with Gasteiger partial charge in [0, 0.05) is 24.3 Å². The zero-order valence-electron chi connectivity index (χ0n) is 12.3. The Morgan fingerprint density at radius 3 is 3.00 bits per heavy atom. The van der Waals surface area contributed by atoms with Crippen LogP contribution in [0.15, 0.2) is 24.4 Å². The third-order valence-corrected chi connectivity index (χ3v) is 4.44. The van der Waals surface area contributed by atoms with E-state index in [0.717, 1.165) is 31.0 Å². The van der Waals surface area contributed by atoms with Crippen molar-refractivity contribution < 1.29 is 4.74 Å². The fourth-order valence-corrected chi connectivity index (χ4v) is 2.94. The Labute approximate surface area is 119 Å². The van der Waals surface area contributed by atoms with Crippen LogP contribution in [0.25, 0.3) is 5.65 Å². The van der Waals surface area contributed by atoms with Crippen LogP contribution in [0, 0.1) is 5.41 Å². The van der Waals surface area contributed by atoms with Crippen LogP contribution in [0.4, 0.5) is 0 Å². The van der Waals surface area contributed by atoms with Crippen molar-refractivity contribution in [1.82, 2.24) is 19.9 Å². The summed E-state index contributed by atoms with van der Waals surface area (Å²) in [6.07, 6.45) is 3.43. The first kappa shape index (κ1) is 13.5. The van der Waals surface area contributed by atoms with Crippen LogP contribution < -0.4 is 5.32 Å². The molecule has 2 unspecified atom stereocenters. The van der Waals surface area contributed by atoms with Gasteiger partial charge in [0.05, 0.1) is 12.6 Å². The number of hydrogen-bond donors (Lipinski definition) is 1. The summed E-state index contributed by atoms with van der Waals surface area (Å²) < 4.78 is 7.78. The van der Waals surface area contributed by atoms with E-state index in [4.69, 9.17) is 4.74 Å². The predicted molar refractivity (Wildman–Crippen MR) is 77.4 cm³/mol. The molecule has 5 nitrogen and oxygen atoms in total. The molecule has 0 aliphatic heterocycles. The van der Waals surface area contributed by atoms with E-state index in [9.17, 15) is 0 Å². The van der Waals surface area contributed by atoms with Crippen molar-refractivity contribution in [2.24, 2.45) is 5.41 Å². The molecule has 1 aliphatic carbocycles. The number of pyridine rings is 1. The molecule has 1 N–H and O–H groups in total. The fourth-order valence-electron chi connectivity index (χ4n) is 2.94. The Morgan fingerprint density at radius 2 is 2.25 bits per heavy atom. The lowest BCUT2D eigenvalue weighted by atomic mass is 9.64.